The van der Waals surface area contributed by atoms with Gasteiger partial charge in [-0.05, 0) is 68.8 Å². The lowest BCUT2D eigenvalue weighted by molar-refractivity contribution is -0.121. The molecule has 1 saturated heterocycles. The van der Waals surface area contributed by atoms with Gasteiger partial charge in [0.15, 0.2) is 0 Å². The number of carbonyl (C=O) groups excluding carboxylic acids is 2. The van der Waals surface area contributed by atoms with Crippen LogP contribution >= 0.6 is 0 Å². The van der Waals surface area contributed by atoms with Crippen LogP contribution in [0.1, 0.15) is 51.0 Å². The monoisotopic (exact) mass is 343 g/mol. The number of anilines is 1. The van der Waals surface area contributed by atoms with Crippen LogP contribution < -0.4 is 10.6 Å². The average Bonchev–Trinajstić information content (AvgIpc) is 3.39. The second kappa shape index (κ2) is 8.48. The van der Waals surface area contributed by atoms with Crippen molar-refractivity contribution in [2.45, 2.75) is 58.0 Å². The Morgan fingerprint density at radius 2 is 1.76 bits per heavy atom. The van der Waals surface area contributed by atoms with Gasteiger partial charge < -0.3 is 10.6 Å². The minimum Gasteiger partial charge on any atom is -0.353 e. The summed E-state index contributed by atoms with van der Waals surface area (Å²) in [5.41, 5.74) is 2.12. The Morgan fingerprint density at radius 1 is 1.08 bits per heavy atom. The number of piperidine rings is 1. The molecule has 1 heterocycles. The second-order valence-electron chi connectivity index (χ2n) is 7.48. The first-order valence-corrected chi connectivity index (χ1v) is 9.47. The van der Waals surface area contributed by atoms with Crippen LogP contribution in [0.4, 0.5) is 5.69 Å². The van der Waals surface area contributed by atoms with Crippen LogP contribution in [0.5, 0.6) is 0 Å². The van der Waals surface area contributed by atoms with Gasteiger partial charge in [-0.25, -0.2) is 0 Å². The first-order chi connectivity index (χ1) is 12.1. The lowest BCUT2D eigenvalue weighted by atomic mass is 9.92. The SMILES string of the molecule is CC(=O)Nc1ccc(CN2CCC(CCC(=O)NC3CC3)CC2)cc1. The molecule has 1 aromatic rings. The van der Waals surface area contributed by atoms with Gasteiger partial charge in [-0.15, -0.1) is 0 Å². The van der Waals surface area contributed by atoms with Crippen LogP contribution in [0.2, 0.25) is 0 Å². The molecule has 3 rings (SSSR count). The van der Waals surface area contributed by atoms with E-state index in [9.17, 15) is 9.59 Å². The quantitative estimate of drug-likeness (QED) is 0.800. The predicted octanol–water partition coefficient (Wildman–Crippen LogP) is 2.92. The molecule has 1 aliphatic carbocycles. The molecule has 2 N–H and O–H groups in total. The second-order valence-corrected chi connectivity index (χ2v) is 7.48. The van der Waals surface area contributed by atoms with E-state index in [1.807, 2.05) is 12.1 Å². The van der Waals surface area contributed by atoms with Gasteiger partial charge in [0, 0.05) is 31.6 Å². The van der Waals surface area contributed by atoms with Crippen molar-refractivity contribution in [3.63, 3.8) is 0 Å². The number of nitrogens with one attached hydrogen (secondary N) is 2. The van der Waals surface area contributed by atoms with E-state index in [1.54, 1.807) is 0 Å². The van der Waals surface area contributed by atoms with E-state index in [-0.39, 0.29) is 11.8 Å². The summed E-state index contributed by atoms with van der Waals surface area (Å²) in [5, 5.41) is 5.87. The van der Waals surface area contributed by atoms with Gasteiger partial charge in [0.2, 0.25) is 11.8 Å². The number of likely N-dealkylation sites (tertiary alicyclic amines) is 1. The van der Waals surface area contributed by atoms with E-state index in [4.69, 9.17) is 0 Å². The van der Waals surface area contributed by atoms with E-state index < -0.39 is 0 Å². The van der Waals surface area contributed by atoms with Gasteiger partial charge in [-0.1, -0.05) is 12.1 Å². The summed E-state index contributed by atoms with van der Waals surface area (Å²) in [5.74, 6) is 0.883. The zero-order chi connectivity index (χ0) is 17.6. The summed E-state index contributed by atoms with van der Waals surface area (Å²) in [6.45, 7) is 4.67. The molecule has 2 aliphatic rings. The van der Waals surface area contributed by atoms with Crippen molar-refractivity contribution in [3.8, 4) is 0 Å². The molecule has 0 spiro atoms. The van der Waals surface area contributed by atoms with Gasteiger partial charge in [0.25, 0.3) is 0 Å². The highest BCUT2D eigenvalue weighted by molar-refractivity contribution is 5.88. The molecule has 5 nitrogen and oxygen atoms in total. The van der Waals surface area contributed by atoms with Crippen LogP contribution in [0.25, 0.3) is 0 Å². The van der Waals surface area contributed by atoms with Crippen molar-refractivity contribution in [1.29, 1.82) is 0 Å². The van der Waals surface area contributed by atoms with Crippen LogP contribution in [-0.4, -0.2) is 35.8 Å². The minimum absolute atomic E-state index is 0.0411. The topological polar surface area (TPSA) is 61.4 Å². The molecule has 2 fully saturated rings. The molecule has 0 radical (unpaired) electrons. The number of nitrogens with zero attached hydrogens (tertiary/aromatic N) is 1. The first kappa shape index (κ1) is 17.9. The third-order valence-corrected chi connectivity index (χ3v) is 5.11. The fourth-order valence-electron chi connectivity index (χ4n) is 3.45. The standard InChI is InChI=1S/C20H29N3O2/c1-15(24)21-18-5-2-17(3-6-18)14-23-12-10-16(11-13-23)4-9-20(25)22-19-7-8-19/h2-3,5-6,16,19H,4,7-14H2,1H3,(H,21,24)(H,22,25). The molecule has 0 aromatic heterocycles. The Kier molecular flexibility index (Phi) is 6.08. The lowest BCUT2D eigenvalue weighted by Crippen LogP contribution is -2.34. The maximum atomic E-state index is 11.8. The molecule has 0 bridgehead atoms. The molecular weight excluding hydrogens is 314 g/mol. The van der Waals surface area contributed by atoms with Gasteiger partial charge in [0.1, 0.15) is 0 Å². The fraction of sp³-hybridized carbons (Fsp3) is 0.600. The van der Waals surface area contributed by atoms with Crippen molar-refractivity contribution in [1.82, 2.24) is 10.2 Å². The highest BCUT2D eigenvalue weighted by atomic mass is 16.2. The van der Waals surface area contributed by atoms with E-state index in [0.29, 0.717) is 18.4 Å². The Bertz CT molecular complexity index is 587. The Hall–Kier alpha value is -1.88. The zero-order valence-electron chi connectivity index (χ0n) is 15.1. The van der Waals surface area contributed by atoms with Gasteiger partial charge in [-0.3, -0.25) is 14.5 Å². The zero-order valence-corrected chi connectivity index (χ0v) is 15.1. The highest BCUT2D eigenvalue weighted by Crippen LogP contribution is 2.24. The van der Waals surface area contributed by atoms with Gasteiger partial charge >= 0.3 is 0 Å². The molecule has 0 atom stereocenters. The van der Waals surface area contributed by atoms with E-state index in [2.05, 4.69) is 27.7 Å². The molecule has 0 unspecified atom stereocenters. The molecule has 136 valence electrons. The predicted molar refractivity (Wildman–Crippen MR) is 99.1 cm³/mol. The third-order valence-electron chi connectivity index (χ3n) is 5.11. The summed E-state index contributed by atoms with van der Waals surface area (Å²) in [6, 6.07) is 8.56. The Labute approximate surface area is 150 Å². The van der Waals surface area contributed by atoms with Crippen LogP contribution in [0, 0.1) is 5.92 Å². The Morgan fingerprint density at radius 3 is 2.36 bits per heavy atom. The summed E-state index contributed by atoms with van der Waals surface area (Å²) < 4.78 is 0. The summed E-state index contributed by atoms with van der Waals surface area (Å²) in [6.07, 6.45) is 6.40. The van der Waals surface area contributed by atoms with E-state index >= 15 is 0 Å². The van der Waals surface area contributed by atoms with Crippen molar-refractivity contribution < 1.29 is 9.59 Å². The summed E-state index contributed by atoms with van der Waals surface area (Å²) in [4.78, 5) is 25.3. The number of hydrogen-bond donors (Lipinski definition) is 2. The first-order valence-electron chi connectivity index (χ1n) is 9.47. The smallest absolute Gasteiger partial charge is 0.221 e. The van der Waals surface area contributed by atoms with Crippen LogP contribution in [0.3, 0.4) is 0 Å². The number of hydrogen-bond acceptors (Lipinski definition) is 3. The van der Waals surface area contributed by atoms with Gasteiger partial charge in [0.05, 0.1) is 0 Å². The van der Waals surface area contributed by atoms with Crippen molar-refractivity contribution in [3.05, 3.63) is 29.8 Å². The number of rotatable bonds is 7. The third kappa shape index (κ3) is 6.16. The van der Waals surface area contributed by atoms with Crippen molar-refractivity contribution in [2.24, 2.45) is 5.92 Å². The average molecular weight is 343 g/mol. The fourth-order valence-corrected chi connectivity index (χ4v) is 3.45. The Balaban J connectivity index is 1.35. The molecular formula is C20H29N3O2. The summed E-state index contributed by atoms with van der Waals surface area (Å²) in [7, 11) is 0. The number of benzene rings is 1. The number of carbonyl (C=O) groups is 2. The number of amides is 2. The molecule has 1 aromatic carbocycles. The summed E-state index contributed by atoms with van der Waals surface area (Å²) >= 11 is 0. The van der Waals surface area contributed by atoms with Crippen molar-refractivity contribution in [2.75, 3.05) is 18.4 Å². The van der Waals surface area contributed by atoms with Gasteiger partial charge in [-0.2, -0.15) is 0 Å². The largest absolute Gasteiger partial charge is 0.353 e. The highest BCUT2D eigenvalue weighted by Gasteiger charge is 2.24. The van der Waals surface area contributed by atoms with E-state index in [1.165, 1.54) is 25.3 Å². The van der Waals surface area contributed by atoms with Crippen LogP contribution in [0.15, 0.2) is 24.3 Å². The molecule has 25 heavy (non-hydrogen) atoms. The molecule has 1 saturated carbocycles. The molecule has 5 heteroatoms. The lowest BCUT2D eigenvalue weighted by Gasteiger charge is -2.32. The van der Waals surface area contributed by atoms with E-state index in [0.717, 1.165) is 44.6 Å². The maximum Gasteiger partial charge on any atom is 0.221 e. The van der Waals surface area contributed by atoms with Crippen molar-refractivity contribution >= 4 is 17.5 Å². The molecule has 1 aliphatic heterocycles. The normalized spacial score (nSPS) is 18.8. The molecule has 2 amide bonds. The minimum atomic E-state index is -0.0411. The van der Waals surface area contributed by atoms with Crippen LogP contribution in [-0.2, 0) is 16.1 Å². The maximum absolute atomic E-state index is 11.8.